The molecule has 1 aromatic rings. The SMILES string of the molecule is Cc1nc(C2CNC(=O)O2)oc1C. The average molecular weight is 182 g/mol. The number of aromatic nitrogens is 1. The quantitative estimate of drug-likeness (QED) is 0.705. The average Bonchev–Trinajstić information content (AvgIpc) is 2.61. The van der Waals surface area contributed by atoms with E-state index in [1.807, 2.05) is 13.8 Å². The number of nitrogens with zero attached hydrogens (tertiary/aromatic N) is 1. The summed E-state index contributed by atoms with van der Waals surface area (Å²) in [4.78, 5) is 14.9. The van der Waals surface area contributed by atoms with Gasteiger partial charge in [0.1, 0.15) is 5.76 Å². The Bertz CT molecular complexity index is 326. The molecule has 2 rings (SSSR count). The van der Waals surface area contributed by atoms with E-state index in [0.29, 0.717) is 12.4 Å². The Morgan fingerprint density at radius 1 is 1.54 bits per heavy atom. The van der Waals surface area contributed by atoms with Gasteiger partial charge in [0.2, 0.25) is 5.89 Å². The predicted molar refractivity (Wildman–Crippen MR) is 43.2 cm³/mol. The van der Waals surface area contributed by atoms with Gasteiger partial charge in [-0.1, -0.05) is 0 Å². The summed E-state index contributed by atoms with van der Waals surface area (Å²) in [7, 11) is 0. The van der Waals surface area contributed by atoms with Crippen molar-refractivity contribution in [3.63, 3.8) is 0 Å². The predicted octanol–water partition coefficient (Wildman–Crippen LogP) is 1.07. The first kappa shape index (κ1) is 8.10. The minimum atomic E-state index is -0.418. The van der Waals surface area contributed by atoms with E-state index in [9.17, 15) is 4.79 Å². The number of carbonyl (C=O) groups excluding carboxylic acids is 1. The monoisotopic (exact) mass is 182 g/mol. The van der Waals surface area contributed by atoms with Gasteiger partial charge in [0.05, 0.1) is 12.2 Å². The third kappa shape index (κ3) is 1.37. The van der Waals surface area contributed by atoms with Gasteiger partial charge in [-0.15, -0.1) is 0 Å². The largest absolute Gasteiger partial charge is 0.442 e. The van der Waals surface area contributed by atoms with Crippen molar-refractivity contribution in [2.45, 2.75) is 20.0 Å². The molecule has 0 bridgehead atoms. The second-order valence-corrected chi connectivity index (χ2v) is 2.97. The Hall–Kier alpha value is -1.52. The summed E-state index contributed by atoms with van der Waals surface area (Å²) in [6, 6.07) is 0. The van der Waals surface area contributed by atoms with E-state index < -0.39 is 6.09 Å². The van der Waals surface area contributed by atoms with E-state index >= 15 is 0 Å². The normalized spacial score (nSPS) is 21.4. The van der Waals surface area contributed by atoms with E-state index in [0.717, 1.165) is 11.5 Å². The topological polar surface area (TPSA) is 64.4 Å². The molecule has 2 heterocycles. The van der Waals surface area contributed by atoms with E-state index in [1.165, 1.54) is 0 Å². The third-order valence-electron chi connectivity index (χ3n) is 2.00. The lowest BCUT2D eigenvalue weighted by atomic mass is 10.4. The zero-order valence-corrected chi connectivity index (χ0v) is 7.46. The van der Waals surface area contributed by atoms with Crippen LogP contribution < -0.4 is 5.32 Å². The summed E-state index contributed by atoms with van der Waals surface area (Å²) in [6.07, 6.45) is -0.793. The molecule has 13 heavy (non-hydrogen) atoms. The fraction of sp³-hybridized carbons (Fsp3) is 0.500. The highest BCUT2D eigenvalue weighted by Gasteiger charge is 2.28. The fourth-order valence-corrected chi connectivity index (χ4v) is 1.16. The number of hydrogen-bond acceptors (Lipinski definition) is 4. The van der Waals surface area contributed by atoms with Gasteiger partial charge in [-0.25, -0.2) is 9.78 Å². The number of ether oxygens (including phenoxy) is 1. The van der Waals surface area contributed by atoms with E-state index in [-0.39, 0.29) is 6.10 Å². The number of aryl methyl sites for hydroxylation is 2. The van der Waals surface area contributed by atoms with Gasteiger partial charge in [-0.2, -0.15) is 0 Å². The molecule has 1 unspecified atom stereocenters. The summed E-state index contributed by atoms with van der Waals surface area (Å²) >= 11 is 0. The van der Waals surface area contributed by atoms with Crippen LogP contribution in [0.25, 0.3) is 0 Å². The molecule has 1 aromatic heterocycles. The Morgan fingerprint density at radius 3 is 2.77 bits per heavy atom. The van der Waals surface area contributed by atoms with Crippen molar-refractivity contribution in [2.75, 3.05) is 6.54 Å². The number of carbonyl (C=O) groups is 1. The van der Waals surface area contributed by atoms with Crippen molar-refractivity contribution in [1.82, 2.24) is 10.3 Å². The van der Waals surface area contributed by atoms with Crippen molar-refractivity contribution in [1.29, 1.82) is 0 Å². The molecule has 70 valence electrons. The van der Waals surface area contributed by atoms with Crippen LogP contribution in [-0.2, 0) is 4.74 Å². The molecule has 1 atom stereocenters. The number of nitrogens with one attached hydrogen (secondary N) is 1. The zero-order chi connectivity index (χ0) is 9.42. The third-order valence-corrected chi connectivity index (χ3v) is 2.00. The summed E-state index contributed by atoms with van der Waals surface area (Å²) in [5, 5.41) is 2.54. The standard InChI is InChI=1S/C8H10N2O3/c1-4-5(2)12-7(10-4)6-3-9-8(11)13-6/h6H,3H2,1-2H3,(H,9,11). The van der Waals surface area contributed by atoms with Crippen LogP contribution in [0.15, 0.2) is 4.42 Å². The van der Waals surface area contributed by atoms with Crippen LogP contribution in [0.5, 0.6) is 0 Å². The van der Waals surface area contributed by atoms with E-state index in [2.05, 4.69) is 10.3 Å². The van der Waals surface area contributed by atoms with Crippen LogP contribution in [0.3, 0.4) is 0 Å². The molecule has 0 spiro atoms. The van der Waals surface area contributed by atoms with Crippen LogP contribution in [0, 0.1) is 13.8 Å². The number of hydrogen-bond donors (Lipinski definition) is 1. The number of oxazole rings is 1. The van der Waals surface area contributed by atoms with Crippen molar-refractivity contribution >= 4 is 6.09 Å². The zero-order valence-electron chi connectivity index (χ0n) is 7.46. The van der Waals surface area contributed by atoms with Gasteiger partial charge in [-0.3, -0.25) is 0 Å². The van der Waals surface area contributed by atoms with Gasteiger partial charge in [0, 0.05) is 0 Å². The Morgan fingerprint density at radius 2 is 2.31 bits per heavy atom. The number of amides is 1. The molecule has 1 amide bonds. The van der Waals surface area contributed by atoms with Crippen LogP contribution >= 0.6 is 0 Å². The Balaban J connectivity index is 2.21. The Kier molecular flexibility index (Phi) is 1.72. The van der Waals surface area contributed by atoms with Crippen LogP contribution in [0.2, 0.25) is 0 Å². The van der Waals surface area contributed by atoms with Crippen molar-refractivity contribution < 1.29 is 13.9 Å². The minimum absolute atomic E-state index is 0.375. The maximum atomic E-state index is 10.7. The highest BCUT2D eigenvalue weighted by atomic mass is 16.6. The van der Waals surface area contributed by atoms with Crippen molar-refractivity contribution in [3.8, 4) is 0 Å². The molecule has 1 fully saturated rings. The highest BCUT2D eigenvalue weighted by molar-refractivity contribution is 5.69. The van der Waals surface area contributed by atoms with Crippen LogP contribution in [-0.4, -0.2) is 17.6 Å². The molecule has 0 saturated carbocycles. The molecular formula is C8H10N2O3. The second-order valence-electron chi connectivity index (χ2n) is 2.97. The number of cyclic esters (lactones) is 1. The minimum Gasteiger partial charge on any atom is -0.442 e. The van der Waals surface area contributed by atoms with Gasteiger partial charge < -0.3 is 14.5 Å². The molecule has 1 aliphatic rings. The van der Waals surface area contributed by atoms with Gasteiger partial charge in [0.25, 0.3) is 0 Å². The first-order valence-electron chi connectivity index (χ1n) is 4.05. The Labute approximate surface area is 75.1 Å². The van der Waals surface area contributed by atoms with Crippen molar-refractivity contribution in [3.05, 3.63) is 17.3 Å². The molecular weight excluding hydrogens is 172 g/mol. The summed E-state index contributed by atoms with van der Waals surface area (Å²) in [5.41, 5.74) is 0.831. The second kappa shape index (κ2) is 2.76. The number of rotatable bonds is 1. The van der Waals surface area contributed by atoms with E-state index in [1.54, 1.807) is 0 Å². The lowest BCUT2D eigenvalue weighted by Crippen LogP contribution is -2.12. The molecule has 0 aromatic carbocycles. The number of alkyl carbamates (subject to hydrolysis) is 1. The van der Waals surface area contributed by atoms with Crippen LogP contribution in [0.4, 0.5) is 4.79 Å². The van der Waals surface area contributed by atoms with Crippen LogP contribution in [0.1, 0.15) is 23.4 Å². The molecule has 5 heteroatoms. The van der Waals surface area contributed by atoms with Gasteiger partial charge in [0.15, 0.2) is 6.10 Å². The molecule has 0 radical (unpaired) electrons. The molecule has 0 aliphatic carbocycles. The summed E-state index contributed by atoms with van der Waals surface area (Å²) < 4.78 is 10.2. The molecule has 5 nitrogen and oxygen atoms in total. The maximum Gasteiger partial charge on any atom is 0.408 e. The molecule has 1 N–H and O–H groups in total. The highest BCUT2D eigenvalue weighted by Crippen LogP contribution is 2.21. The first-order chi connectivity index (χ1) is 6.16. The smallest absolute Gasteiger partial charge is 0.408 e. The van der Waals surface area contributed by atoms with Gasteiger partial charge in [-0.05, 0) is 13.8 Å². The lowest BCUT2D eigenvalue weighted by molar-refractivity contribution is 0.125. The lowest BCUT2D eigenvalue weighted by Gasteiger charge is -2.00. The van der Waals surface area contributed by atoms with Gasteiger partial charge >= 0.3 is 6.09 Å². The van der Waals surface area contributed by atoms with E-state index in [4.69, 9.17) is 9.15 Å². The maximum absolute atomic E-state index is 10.7. The molecule has 1 aliphatic heterocycles. The van der Waals surface area contributed by atoms with Crippen molar-refractivity contribution in [2.24, 2.45) is 0 Å². The summed E-state index contributed by atoms with van der Waals surface area (Å²) in [5.74, 6) is 1.23. The fourth-order valence-electron chi connectivity index (χ4n) is 1.16. The summed E-state index contributed by atoms with van der Waals surface area (Å²) in [6.45, 7) is 4.11. The molecule has 1 saturated heterocycles. The first-order valence-corrected chi connectivity index (χ1v) is 4.05.